The zero-order chi connectivity index (χ0) is 28.3. The molecule has 2 N–H and O–H groups in total. The molecule has 1 aliphatic heterocycles. The highest BCUT2D eigenvalue weighted by atomic mass is 16.5. The first kappa shape index (κ1) is 27.1. The van der Waals surface area contributed by atoms with Gasteiger partial charge in [0.1, 0.15) is 17.8 Å². The lowest BCUT2D eigenvalue weighted by Crippen LogP contribution is -2.41. The van der Waals surface area contributed by atoms with Crippen LogP contribution >= 0.6 is 0 Å². The van der Waals surface area contributed by atoms with Crippen molar-refractivity contribution in [2.24, 2.45) is 0 Å². The third-order valence-electron chi connectivity index (χ3n) is 7.45. The number of imide groups is 1. The number of H-pyrrole nitrogens is 1. The van der Waals surface area contributed by atoms with E-state index in [4.69, 9.17) is 4.74 Å². The van der Waals surface area contributed by atoms with Gasteiger partial charge in [-0.25, -0.2) is 9.59 Å². The molecule has 1 atom stereocenters. The monoisotopic (exact) mass is 538 g/mol. The van der Waals surface area contributed by atoms with E-state index < -0.39 is 17.5 Å². The number of rotatable bonds is 10. The van der Waals surface area contributed by atoms with Crippen molar-refractivity contribution in [2.45, 2.75) is 31.9 Å². The number of carbonyl (C=O) groups excluding carboxylic acids is 3. The molecule has 0 saturated carbocycles. The molecule has 0 radical (unpaired) electrons. The van der Waals surface area contributed by atoms with Crippen molar-refractivity contribution in [3.05, 3.63) is 107 Å². The van der Waals surface area contributed by atoms with Gasteiger partial charge in [0.05, 0.1) is 0 Å². The van der Waals surface area contributed by atoms with Gasteiger partial charge in [-0.3, -0.25) is 9.69 Å². The number of amides is 3. The normalized spacial score (nSPS) is 17.1. The third kappa shape index (κ3) is 5.49. The van der Waals surface area contributed by atoms with Gasteiger partial charge in [-0.2, -0.15) is 0 Å². The smallest absolute Gasteiger partial charge is 0.355 e. The number of nitrogens with zero attached hydrogens (tertiary/aromatic N) is 2. The van der Waals surface area contributed by atoms with Crippen molar-refractivity contribution in [2.75, 3.05) is 27.2 Å². The minimum atomic E-state index is -1.09. The number of fused-ring (bicyclic) bond motifs is 1. The summed E-state index contributed by atoms with van der Waals surface area (Å²) in [5.74, 6) is -0.656. The average Bonchev–Trinajstić information content (AvgIpc) is 3.43. The summed E-state index contributed by atoms with van der Waals surface area (Å²) in [7, 11) is 3.99. The highest BCUT2D eigenvalue weighted by Gasteiger charge is 2.48. The molecule has 0 aliphatic carbocycles. The molecule has 8 heteroatoms. The zero-order valence-electron chi connectivity index (χ0n) is 23.1. The van der Waals surface area contributed by atoms with E-state index in [1.165, 1.54) is 4.90 Å². The van der Waals surface area contributed by atoms with Gasteiger partial charge in [-0.1, -0.05) is 66.7 Å². The Labute approximate surface area is 233 Å². The van der Waals surface area contributed by atoms with Crippen molar-refractivity contribution in [1.29, 1.82) is 0 Å². The summed E-state index contributed by atoms with van der Waals surface area (Å²) in [4.78, 5) is 45.8. The van der Waals surface area contributed by atoms with E-state index in [1.807, 2.05) is 93.0 Å². The number of likely N-dealkylation sites (N-methyl/N-ethyl adjacent to an activating group) is 1. The minimum absolute atomic E-state index is 0.196. The topological polar surface area (TPSA) is 94.7 Å². The zero-order valence-corrected chi connectivity index (χ0v) is 23.1. The highest BCUT2D eigenvalue weighted by molar-refractivity contribution is 6.07. The van der Waals surface area contributed by atoms with Crippen molar-refractivity contribution in [3.8, 4) is 0 Å². The van der Waals surface area contributed by atoms with Gasteiger partial charge in [0, 0.05) is 24.0 Å². The Bertz CT molecular complexity index is 1530. The second-order valence-corrected chi connectivity index (χ2v) is 10.6. The van der Waals surface area contributed by atoms with Gasteiger partial charge < -0.3 is 19.9 Å². The summed E-state index contributed by atoms with van der Waals surface area (Å²) in [6, 6.07) is 24.4. The lowest BCUT2D eigenvalue weighted by molar-refractivity contribution is -0.131. The predicted octanol–water partition coefficient (Wildman–Crippen LogP) is 4.64. The summed E-state index contributed by atoms with van der Waals surface area (Å²) < 4.78 is 5.64. The first-order chi connectivity index (χ1) is 19.3. The molecule has 1 aromatic heterocycles. The largest absolute Gasteiger partial charge is 0.456 e. The molecule has 2 heterocycles. The van der Waals surface area contributed by atoms with E-state index in [1.54, 1.807) is 6.92 Å². The molecule has 0 spiro atoms. The van der Waals surface area contributed by atoms with Crippen molar-refractivity contribution in [1.82, 2.24) is 20.1 Å². The summed E-state index contributed by atoms with van der Waals surface area (Å²) >= 11 is 0. The van der Waals surface area contributed by atoms with Gasteiger partial charge in [0.2, 0.25) is 0 Å². The fourth-order valence-electron chi connectivity index (χ4n) is 5.12. The van der Waals surface area contributed by atoms with E-state index in [-0.39, 0.29) is 19.1 Å². The molecule has 1 fully saturated rings. The SMILES string of the molecule is CN(C)CCc1c(C(=O)OCc2ccccc2)[nH]c2ccc(CCN3C(=O)NC(C)(c4ccccc4)C3=O)cc12. The molecule has 5 rings (SSSR count). The van der Waals surface area contributed by atoms with Crippen LogP contribution in [0.5, 0.6) is 0 Å². The van der Waals surface area contributed by atoms with E-state index in [2.05, 4.69) is 15.2 Å². The molecule has 3 aromatic carbocycles. The van der Waals surface area contributed by atoms with Gasteiger partial charge >= 0.3 is 12.0 Å². The van der Waals surface area contributed by atoms with Crippen LogP contribution in [-0.4, -0.2) is 59.9 Å². The number of esters is 1. The van der Waals surface area contributed by atoms with Crippen LogP contribution in [-0.2, 0) is 34.5 Å². The van der Waals surface area contributed by atoms with Gasteiger partial charge in [0.15, 0.2) is 0 Å². The molecule has 1 saturated heterocycles. The second kappa shape index (κ2) is 11.4. The van der Waals surface area contributed by atoms with Crippen LogP contribution in [0.1, 0.15) is 39.7 Å². The molecular formula is C32H34N4O4. The quantitative estimate of drug-likeness (QED) is 0.227. The third-order valence-corrected chi connectivity index (χ3v) is 7.45. The highest BCUT2D eigenvalue weighted by Crippen LogP contribution is 2.30. The average molecular weight is 539 g/mol. The van der Waals surface area contributed by atoms with E-state index in [0.717, 1.165) is 39.7 Å². The first-order valence-corrected chi connectivity index (χ1v) is 13.4. The molecule has 0 bridgehead atoms. The summed E-state index contributed by atoms with van der Waals surface area (Å²) in [6.07, 6.45) is 1.15. The molecular weight excluding hydrogens is 504 g/mol. The number of carbonyl (C=O) groups is 3. The van der Waals surface area contributed by atoms with E-state index in [9.17, 15) is 14.4 Å². The summed E-state index contributed by atoms with van der Waals surface area (Å²) in [6.45, 7) is 2.95. The van der Waals surface area contributed by atoms with Crippen LogP contribution in [0, 0.1) is 0 Å². The Morgan fingerprint density at radius 2 is 1.62 bits per heavy atom. The number of urea groups is 1. The van der Waals surface area contributed by atoms with Crippen LogP contribution in [0.4, 0.5) is 4.79 Å². The lowest BCUT2D eigenvalue weighted by Gasteiger charge is -2.22. The summed E-state index contributed by atoms with van der Waals surface area (Å²) in [5.41, 5.74) is 3.76. The van der Waals surface area contributed by atoms with Crippen molar-refractivity contribution < 1.29 is 19.1 Å². The standard InChI is InChI=1S/C32H34N4O4/c1-32(24-12-8-5-9-13-24)30(38)36(31(39)34-32)19-16-22-14-15-27-26(20-22)25(17-18-35(2)3)28(33-27)29(37)40-21-23-10-6-4-7-11-23/h4-15,20,33H,16-19,21H2,1-3H3,(H,34,39). The molecule has 3 amide bonds. The van der Waals surface area contributed by atoms with Crippen LogP contribution in [0.3, 0.4) is 0 Å². The fraction of sp³-hybridized carbons (Fsp3) is 0.281. The Morgan fingerprint density at radius 3 is 2.33 bits per heavy atom. The maximum Gasteiger partial charge on any atom is 0.355 e. The number of ether oxygens (including phenoxy) is 1. The summed E-state index contributed by atoms with van der Waals surface area (Å²) in [5, 5.41) is 3.81. The van der Waals surface area contributed by atoms with Crippen LogP contribution in [0.15, 0.2) is 78.9 Å². The maximum atomic E-state index is 13.3. The minimum Gasteiger partial charge on any atom is -0.456 e. The Morgan fingerprint density at radius 1 is 0.925 bits per heavy atom. The Kier molecular flexibility index (Phi) is 7.71. The van der Waals surface area contributed by atoms with E-state index in [0.29, 0.717) is 18.5 Å². The second-order valence-electron chi connectivity index (χ2n) is 10.6. The van der Waals surface area contributed by atoms with E-state index >= 15 is 0 Å². The number of nitrogens with one attached hydrogen (secondary N) is 2. The molecule has 1 aliphatic rings. The number of aromatic amines is 1. The molecule has 1 unspecified atom stereocenters. The van der Waals surface area contributed by atoms with Gasteiger partial charge in [0.25, 0.3) is 5.91 Å². The number of aromatic nitrogens is 1. The van der Waals surface area contributed by atoms with Crippen LogP contribution in [0.25, 0.3) is 10.9 Å². The lowest BCUT2D eigenvalue weighted by atomic mass is 9.92. The fourth-order valence-corrected chi connectivity index (χ4v) is 5.12. The Balaban J connectivity index is 1.35. The van der Waals surface area contributed by atoms with Gasteiger partial charge in [-0.05, 0) is 68.2 Å². The van der Waals surface area contributed by atoms with Crippen LogP contribution in [0.2, 0.25) is 0 Å². The van der Waals surface area contributed by atoms with Crippen molar-refractivity contribution in [3.63, 3.8) is 0 Å². The molecule has 4 aromatic rings. The van der Waals surface area contributed by atoms with Crippen LogP contribution < -0.4 is 5.32 Å². The Hall–Kier alpha value is -4.43. The maximum absolute atomic E-state index is 13.3. The molecule has 8 nitrogen and oxygen atoms in total. The number of hydrogen-bond acceptors (Lipinski definition) is 5. The molecule has 206 valence electrons. The number of benzene rings is 3. The molecule has 40 heavy (non-hydrogen) atoms. The predicted molar refractivity (Wildman–Crippen MR) is 154 cm³/mol. The number of hydrogen-bond donors (Lipinski definition) is 2. The van der Waals surface area contributed by atoms with Gasteiger partial charge in [-0.15, -0.1) is 0 Å². The first-order valence-electron chi connectivity index (χ1n) is 13.4. The van der Waals surface area contributed by atoms with Crippen molar-refractivity contribution >= 4 is 28.8 Å².